The molecule has 0 aliphatic carbocycles. The van der Waals surface area contributed by atoms with Gasteiger partial charge in [-0.05, 0) is 0 Å². The van der Waals surface area contributed by atoms with Crippen LogP contribution >= 0.6 is 0 Å². The van der Waals surface area contributed by atoms with E-state index >= 15 is 0 Å². The van der Waals surface area contributed by atoms with Crippen molar-refractivity contribution >= 4 is 20.7 Å². The molecule has 0 fully saturated rings. The second-order valence-corrected chi connectivity index (χ2v) is 2.50. The Labute approximate surface area is 63.9 Å². The summed E-state index contributed by atoms with van der Waals surface area (Å²) in [4.78, 5) is 4.06. The molecule has 0 spiro atoms. The van der Waals surface area contributed by atoms with E-state index < -0.39 is 0 Å². The van der Waals surface area contributed by atoms with Crippen LogP contribution in [-0.2, 0) is 0 Å². The normalized spacial score (nSPS) is 11.6. The SMILES string of the molecule is CCCCN=C([Se])NN. The summed E-state index contributed by atoms with van der Waals surface area (Å²) in [6.07, 6.45) is 2.29. The van der Waals surface area contributed by atoms with E-state index in [2.05, 4.69) is 33.4 Å². The van der Waals surface area contributed by atoms with Crippen molar-refractivity contribution in [3.8, 4) is 0 Å². The molecule has 3 nitrogen and oxygen atoms in total. The quantitative estimate of drug-likeness (QED) is 0.162. The molecule has 0 aromatic rings. The number of amidine groups is 1. The van der Waals surface area contributed by atoms with E-state index in [0.717, 1.165) is 13.0 Å². The van der Waals surface area contributed by atoms with Gasteiger partial charge in [0.1, 0.15) is 0 Å². The summed E-state index contributed by atoms with van der Waals surface area (Å²) in [6.45, 7) is 2.98. The minimum absolute atomic E-state index is 0.684. The van der Waals surface area contributed by atoms with Crippen molar-refractivity contribution in [1.82, 2.24) is 5.43 Å². The molecule has 1 radical (unpaired) electrons. The van der Waals surface area contributed by atoms with Gasteiger partial charge in [0, 0.05) is 0 Å². The molecule has 0 rings (SSSR count). The number of nitrogens with zero attached hydrogens (tertiary/aromatic N) is 1. The van der Waals surface area contributed by atoms with E-state index in [9.17, 15) is 0 Å². The number of rotatable bonds is 3. The molecule has 0 aliphatic heterocycles. The Kier molecular flexibility index (Phi) is 6.04. The van der Waals surface area contributed by atoms with Gasteiger partial charge in [-0.2, -0.15) is 0 Å². The van der Waals surface area contributed by atoms with Gasteiger partial charge in [0.15, 0.2) is 0 Å². The van der Waals surface area contributed by atoms with E-state index in [1.54, 1.807) is 0 Å². The Morgan fingerprint density at radius 2 is 2.44 bits per heavy atom. The van der Waals surface area contributed by atoms with Crippen LogP contribution in [0.1, 0.15) is 19.8 Å². The summed E-state index contributed by atoms with van der Waals surface area (Å²) in [5.41, 5.74) is 2.42. The Hall–Kier alpha value is -0.0505. The summed E-state index contributed by atoms with van der Waals surface area (Å²) < 4.78 is 0.684. The number of hydrogen-bond acceptors (Lipinski definition) is 2. The number of aliphatic imine (C=N–C) groups is 1. The molecule has 4 heteroatoms. The molecule has 0 aromatic heterocycles. The monoisotopic (exact) mass is 194 g/mol. The van der Waals surface area contributed by atoms with Crippen LogP contribution in [0.3, 0.4) is 0 Å². The molecule has 0 heterocycles. The third-order valence-electron chi connectivity index (χ3n) is 0.891. The van der Waals surface area contributed by atoms with Gasteiger partial charge in [0.25, 0.3) is 0 Å². The topological polar surface area (TPSA) is 50.4 Å². The summed E-state index contributed by atoms with van der Waals surface area (Å²) in [7, 11) is 0. The molecule has 0 aliphatic rings. The number of nitrogens with two attached hydrogens (primary N) is 1. The Morgan fingerprint density at radius 1 is 1.78 bits per heavy atom. The third kappa shape index (κ3) is 5.83. The van der Waals surface area contributed by atoms with Gasteiger partial charge in [-0.15, -0.1) is 0 Å². The molecule has 0 aromatic carbocycles. The first-order chi connectivity index (χ1) is 4.31. The Balaban J connectivity index is 3.21. The van der Waals surface area contributed by atoms with Crippen molar-refractivity contribution in [2.24, 2.45) is 10.8 Å². The first-order valence-electron chi connectivity index (χ1n) is 2.99. The summed E-state index contributed by atoms with van der Waals surface area (Å²) >= 11 is 2.70. The summed E-state index contributed by atoms with van der Waals surface area (Å²) in [5, 5.41) is 0. The van der Waals surface area contributed by atoms with Crippen LogP contribution in [0.4, 0.5) is 0 Å². The van der Waals surface area contributed by atoms with Gasteiger partial charge >= 0.3 is 63.3 Å². The van der Waals surface area contributed by atoms with Crippen molar-refractivity contribution in [2.75, 3.05) is 6.54 Å². The fourth-order valence-electron chi connectivity index (χ4n) is 0.384. The van der Waals surface area contributed by atoms with Gasteiger partial charge in [-0.1, -0.05) is 0 Å². The molecular formula is C5H12N3Se. The number of hydrazine groups is 1. The van der Waals surface area contributed by atoms with Crippen LogP contribution in [-0.4, -0.2) is 27.3 Å². The van der Waals surface area contributed by atoms with Crippen LogP contribution in [0.15, 0.2) is 4.99 Å². The molecule has 0 saturated heterocycles. The van der Waals surface area contributed by atoms with Gasteiger partial charge in [-0.3, -0.25) is 0 Å². The van der Waals surface area contributed by atoms with Crippen LogP contribution in [0.25, 0.3) is 0 Å². The van der Waals surface area contributed by atoms with E-state index in [1.165, 1.54) is 6.42 Å². The Bertz CT molecular complexity index is 92.2. The molecule has 0 amide bonds. The second-order valence-electron chi connectivity index (χ2n) is 1.68. The van der Waals surface area contributed by atoms with Gasteiger partial charge in [0.2, 0.25) is 0 Å². The zero-order valence-corrected chi connectivity index (χ0v) is 7.27. The van der Waals surface area contributed by atoms with Crippen LogP contribution in [0, 0.1) is 0 Å². The summed E-state index contributed by atoms with van der Waals surface area (Å²) in [6, 6.07) is 0. The van der Waals surface area contributed by atoms with E-state index in [-0.39, 0.29) is 0 Å². The third-order valence-corrected chi connectivity index (χ3v) is 1.41. The molecule has 3 N–H and O–H groups in total. The van der Waals surface area contributed by atoms with Crippen molar-refractivity contribution in [3.63, 3.8) is 0 Å². The Morgan fingerprint density at radius 3 is 2.89 bits per heavy atom. The molecule has 0 unspecified atom stereocenters. The van der Waals surface area contributed by atoms with Crippen molar-refractivity contribution < 1.29 is 0 Å². The molecule has 0 bridgehead atoms. The zero-order valence-electron chi connectivity index (χ0n) is 5.55. The maximum atomic E-state index is 5.04. The number of hydrogen-bond donors (Lipinski definition) is 2. The first-order valence-corrected chi connectivity index (χ1v) is 3.85. The fourth-order valence-corrected chi connectivity index (χ4v) is 0.576. The average molecular weight is 193 g/mol. The van der Waals surface area contributed by atoms with E-state index in [1.807, 2.05) is 0 Å². The van der Waals surface area contributed by atoms with Gasteiger partial charge in [-0.25, -0.2) is 0 Å². The predicted molar refractivity (Wildman–Crippen MR) is 40.3 cm³/mol. The first kappa shape index (κ1) is 8.95. The molecular weight excluding hydrogens is 181 g/mol. The van der Waals surface area contributed by atoms with Crippen LogP contribution < -0.4 is 11.3 Å². The zero-order chi connectivity index (χ0) is 7.11. The predicted octanol–water partition coefficient (Wildman–Crippen LogP) is -0.226. The number of nitrogens with one attached hydrogen (secondary N) is 1. The van der Waals surface area contributed by atoms with Gasteiger partial charge < -0.3 is 0 Å². The molecule has 53 valence electrons. The number of unbranched alkanes of at least 4 members (excludes halogenated alkanes) is 1. The molecule has 9 heavy (non-hydrogen) atoms. The van der Waals surface area contributed by atoms with Crippen LogP contribution in [0.5, 0.6) is 0 Å². The molecule has 0 atom stereocenters. The summed E-state index contributed by atoms with van der Waals surface area (Å²) in [5.74, 6) is 5.04. The van der Waals surface area contributed by atoms with Gasteiger partial charge in [0.05, 0.1) is 0 Å². The van der Waals surface area contributed by atoms with Crippen molar-refractivity contribution in [1.29, 1.82) is 0 Å². The fraction of sp³-hybridized carbons (Fsp3) is 0.800. The molecule has 0 saturated carbocycles. The van der Waals surface area contributed by atoms with Crippen molar-refractivity contribution in [3.05, 3.63) is 0 Å². The van der Waals surface area contributed by atoms with Crippen molar-refractivity contribution in [2.45, 2.75) is 19.8 Å². The van der Waals surface area contributed by atoms with E-state index in [0.29, 0.717) is 4.73 Å². The minimum atomic E-state index is 0.684. The van der Waals surface area contributed by atoms with E-state index in [4.69, 9.17) is 5.84 Å². The van der Waals surface area contributed by atoms with Crippen LogP contribution in [0.2, 0.25) is 0 Å². The average Bonchev–Trinajstić information content (AvgIpc) is 1.89. The standard InChI is InChI=1S/C5H12N3Se/c1-2-3-4-7-5(9)8-6/h2-4,6H2,1H3,(H,7,8). The second kappa shape index (κ2) is 6.08. The maximum absolute atomic E-state index is 5.04.